The third-order valence-corrected chi connectivity index (χ3v) is 9.35. The van der Waals surface area contributed by atoms with Crippen molar-refractivity contribution in [2.45, 2.75) is 38.0 Å². The van der Waals surface area contributed by atoms with Crippen molar-refractivity contribution in [1.82, 2.24) is 9.97 Å². The molecule has 3 heteroatoms. The molecule has 2 aromatic heterocycles. The fraction of sp³-hybridized carbons (Fsp3) is 0.250. The zero-order valence-electron chi connectivity index (χ0n) is 17.0. The first-order valence-electron chi connectivity index (χ1n) is 9.51. The average Bonchev–Trinajstić information content (AvgIpc) is 2.58. The normalized spacial score (nSPS) is 12.1. The van der Waals surface area contributed by atoms with Crippen LogP contribution in [0, 0.1) is 20.8 Å². The van der Waals surface area contributed by atoms with E-state index < -0.39 is 13.3 Å². The Morgan fingerprint density at radius 1 is 0.704 bits per heavy atom. The van der Waals surface area contributed by atoms with E-state index in [4.69, 9.17) is 9.97 Å². The summed E-state index contributed by atoms with van der Waals surface area (Å²) < 4.78 is 1.48. The Labute approximate surface area is 164 Å². The summed E-state index contributed by atoms with van der Waals surface area (Å²) in [5.74, 6) is 7.31. The Bertz CT molecular complexity index is 1170. The SMILES string of the molecule is Cc1cc(C)cc(-c2nccc3c2cnc2[c]([Ge]([CH3])([CH3])[CH3])cc(C)cc23)c1. The molecule has 0 N–H and O–H groups in total. The van der Waals surface area contributed by atoms with Gasteiger partial charge in [-0.05, 0) is 0 Å². The second-order valence-corrected chi connectivity index (χ2v) is 19.3. The van der Waals surface area contributed by atoms with Crippen molar-refractivity contribution in [1.29, 1.82) is 0 Å². The number of fused-ring (bicyclic) bond motifs is 3. The maximum atomic E-state index is 4.95. The molecule has 0 radical (unpaired) electrons. The first-order chi connectivity index (χ1) is 12.7. The van der Waals surface area contributed by atoms with Crippen LogP contribution in [0.4, 0.5) is 0 Å². The van der Waals surface area contributed by atoms with Gasteiger partial charge in [0, 0.05) is 0 Å². The molecule has 0 aliphatic rings. The van der Waals surface area contributed by atoms with E-state index in [9.17, 15) is 0 Å². The molecule has 0 bridgehead atoms. The molecule has 2 nitrogen and oxygen atoms in total. The minimum atomic E-state index is -2.03. The standard InChI is InChI=1S/C24H26GeN2/c1-15-9-16(2)11-18(10-15)23-21-14-27-24-20(19(21)7-8-26-23)12-17(3)13-22(24)25(4,5)6/h7-14H,1-6H3. The van der Waals surface area contributed by atoms with Gasteiger partial charge in [0.1, 0.15) is 0 Å². The predicted molar refractivity (Wildman–Crippen MR) is 120 cm³/mol. The van der Waals surface area contributed by atoms with Crippen molar-refractivity contribution in [3.8, 4) is 11.3 Å². The molecule has 0 aliphatic heterocycles. The van der Waals surface area contributed by atoms with Gasteiger partial charge in [-0.3, -0.25) is 0 Å². The van der Waals surface area contributed by atoms with Crippen LogP contribution in [0.25, 0.3) is 32.9 Å². The first kappa shape index (κ1) is 18.2. The third kappa shape index (κ3) is 3.27. The van der Waals surface area contributed by atoms with Crippen LogP contribution in [-0.2, 0) is 0 Å². The number of benzene rings is 2. The second-order valence-electron chi connectivity index (χ2n) is 8.71. The van der Waals surface area contributed by atoms with Gasteiger partial charge in [-0.2, -0.15) is 0 Å². The fourth-order valence-electron chi connectivity index (χ4n) is 4.00. The molecule has 4 rings (SSSR count). The fourth-order valence-corrected chi connectivity index (χ4v) is 7.30. The molecule has 4 aromatic rings. The quantitative estimate of drug-likeness (QED) is 0.300. The van der Waals surface area contributed by atoms with Crippen LogP contribution < -0.4 is 4.40 Å². The summed E-state index contributed by atoms with van der Waals surface area (Å²) in [6.45, 7) is 6.47. The number of hydrogen-bond donors (Lipinski definition) is 0. The van der Waals surface area contributed by atoms with Crippen molar-refractivity contribution >= 4 is 39.3 Å². The first-order valence-corrected chi connectivity index (χ1v) is 16.9. The Balaban J connectivity index is 2.09. The van der Waals surface area contributed by atoms with Gasteiger partial charge in [-0.15, -0.1) is 0 Å². The molecule has 0 aliphatic carbocycles. The summed E-state index contributed by atoms with van der Waals surface area (Å²) in [5, 5.41) is 3.64. The molecule has 0 unspecified atom stereocenters. The monoisotopic (exact) mass is 416 g/mol. The van der Waals surface area contributed by atoms with E-state index in [-0.39, 0.29) is 0 Å². The Hall–Kier alpha value is -2.20. The summed E-state index contributed by atoms with van der Waals surface area (Å²) in [4.78, 5) is 9.69. The molecule has 0 saturated heterocycles. The topological polar surface area (TPSA) is 25.8 Å². The van der Waals surface area contributed by atoms with E-state index in [1.807, 2.05) is 12.4 Å². The summed E-state index contributed by atoms with van der Waals surface area (Å²) >= 11 is -2.03. The van der Waals surface area contributed by atoms with Crippen LogP contribution in [0.15, 0.2) is 48.8 Å². The van der Waals surface area contributed by atoms with E-state index >= 15 is 0 Å². The Morgan fingerprint density at radius 2 is 1.37 bits per heavy atom. The van der Waals surface area contributed by atoms with E-state index in [2.05, 4.69) is 74.4 Å². The van der Waals surface area contributed by atoms with Gasteiger partial charge in [0.05, 0.1) is 0 Å². The van der Waals surface area contributed by atoms with Crippen molar-refractivity contribution in [3.05, 3.63) is 65.5 Å². The molecular weight excluding hydrogens is 389 g/mol. The molecule has 0 saturated carbocycles. The summed E-state index contributed by atoms with van der Waals surface area (Å²) in [5.41, 5.74) is 7.21. The number of hydrogen-bond acceptors (Lipinski definition) is 2. The summed E-state index contributed by atoms with van der Waals surface area (Å²) in [6, 6.07) is 13.4. The van der Waals surface area contributed by atoms with Gasteiger partial charge in [0.2, 0.25) is 0 Å². The Morgan fingerprint density at radius 3 is 2.04 bits per heavy atom. The molecular formula is C24H26GeN2. The van der Waals surface area contributed by atoms with Gasteiger partial charge < -0.3 is 0 Å². The van der Waals surface area contributed by atoms with Gasteiger partial charge in [-0.1, -0.05) is 0 Å². The van der Waals surface area contributed by atoms with Gasteiger partial charge >= 0.3 is 164 Å². The number of aromatic nitrogens is 2. The van der Waals surface area contributed by atoms with Crippen LogP contribution in [0.3, 0.4) is 0 Å². The van der Waals surface area contributed by atoms with Gasteiger partial charge in [0.15, 0.2) is 0 Å². The third-order valence-electron chi connectivity index (χ3n) is 5.16. The van der Waals surface area contributed by atoms with E-state index in [0.717, 1.165) is 11.1 Å². The van der Waals surface area contributed by atoms with Crippen molar-refractivity contribution < 1.29 is 0 Å². The number of aryl methyl sites for hydroxylation is 3. The molecule has 2 heterocycles. The number of nitrogens with zero attached hydrogens (tertiary/aromatic N) is 2. The van der Waals surface area contributed by atoms with Gasteiger partial charge in [-0.25, -0.2) is 0 Å². The van der Waals surface area contributed by atoms with Crippen molar-refractivity contribution in [2.24, 2.45) is 0 Å². The van der Waals surface area contributed by atoms with Crippen molar-refractivity contribution in [2.75, 3.05) is 0 Å². The summed E-state index contributed by atoms with van der Waals surface area (Å²) in [6.07, 6.45) is 3.97. The molecule has 0 amide bonds. The predicted octanol–water partition coefficient (Wildman–Crippen LogP) is 5.92. The zero-order valence-corrected chi connectivity index (χ0v) is 19.1. The maximum absolute atomic E-state index is 4.95. The van der Waals surface area contributed by atoms with E-state index in [0.29, 0.717) is 0 Å². The van der Waals surface area contributed by atoms with Crippen LogP contribution in [0.5, 0.6) is 0 Å². The van der Waals surface area contributed by atoms with Crippen molar-refractivity contribution in [3.63, 3.8) is 0 Å². The molecule has 0 fully saturated rings. The molecule has 0 atom stereocenters. The van der Waals surface area contributed by atoms with E-state index in [1.165, 1.54) is 42.9 Å². The van der Waals surface area contributed by atoms with E-state index in [1.54, 1.807) is 0 Å². The Kier molecular flexibility index (Phi) is 4.34. The van der Waals surface area contributed by atoms with Crippen LogP contribution in [0.2, 0.25) is 17.3 Å². The average molecular weight is 415 g/mol. The zero-order chi connectivity index (χ0) is 19.3. The molecule has 0 spiro atoms. The molecule has 27 heavy (non-hydrogen) atoms. The van der Waals surface area contributed by atoms with Gasteiger partial charge in [0.25, 0.3) is 0 Å². The summed E-state index contributed by atoms with van der Waals surface area (Å²) in [7, 11) is 0. The number of rotatable bonds is 2. The van der Waals surface area contributed by atoms with Crippen LogP contribution in [-0.4, -0.2) is 23.2 Å². The molecule has 136 valence electrons. The van der Waals surface area contributed by atoms with Crippen LogP contribution in [0.1, 0.15) is 16.7 Å². The number of pyridine rings is 2. The van der Waals surface area contributed by atoms with Crippen LogP contribution >= 0.6 is 0 Å². The minimum absolute atomic E-state index is 1.02. The second kappa shape index (κ2) is 6.45. The molecule has 2 aromatic carbocycles.